The number of fused-ring (bicyclic) bond motifs is 1. The number of H-pyrrole nitrogens is 1. The molecule has 2 aromatic carbocycles. The minimum atomic E-state index is -0.256. The number of amides is 1. The summed E-state index contributed by atoms with van der Waals surface area (Å²) in [5.41, 5.74) is 3.64. The third kappa shape index (κ3) is 3.94. The van der Waals surface area contributed by atoms with Gasteiger partial charge in [0.2, 0.25) is 5.91 Å². The third-order valence-corrected chi connectivity index (χ3v) is 3.80. The first kappa shape index (κ1) is 15.2. The maximum Gasteiger partial charge on any atom is 0.220 e. The third-order valence-electron chi connectivity index (χ3n) is 3.80. The lowest BCUT2D eigenvalue weighted by atomic mass is 10.1. The summed E-state index contributed by atoms with van der Waals surface area (Å²) in [5, 5.41) is 2.88. The average molecular weight is 311 g/mol. The minimum Gasteiger partial charge on any atom is -0.356 e. The van der Waals surface area contributed by atoms with Crippen molar-refractivity contribution in [3.05, 3.63) is 65.7 Å². The number of aromatic nitrogens is 2. The fraction of sp³-hybridized carbons (Fsp3) is 0.222. The van der Waals surface area contributed by atoms with Gasteiger partial charge in [0.15, 0.2) is 0 Å². The highest BCUT2D eigenvalue weighted by Crippen LogP contribution is 2.12. The van der Waals surface area contributed by atoms with Crippen molar-refractivity contribution in [3.8, 4) is 0 Å². The van der Waals surface area contributed by atoms with Gasteiger partial charge in [0.25, 0.3) is 0 Å². The van der Waals surface area contributed by atoms with Crippen molar-refractivity contribution in [2.45, 2.75) is 19.3 Å². The van der Waals surface area contributed by atoms with Gasteiger partial charge in [0, 0.05) is 13.0 Å². The molecule has 0 fully saturated rings. The van der Waals surface area contributed by atoms with Gasteiger partial charge in [-0.2, -0.15) is 0 Å². The van der Waals surface area contributed by atoms with E-state index in [1.54, 1.807) is 24.5 Å². The smallest absolute Gasteiger partial charge is 0.220 e. The summed E-state index contributed by atoms with van der Waals surface area (Å²) < 4.78 is 13.5. The SMILES string of the molecule is O=C(CCc1ccccc1F)NCCc1ccc2nc[nH]c2c1. The first-order valence-electron chi connectivity index (χ1n) is 7.64. The monoisotopic (exact) mass is 311 g/mol. The van der Waals surface area contributed by atoms with E-state index in [-0.39, 0.29) is 11.7 Å². The Balaban J connectivity index is 1.44. The number of benzene rings is 2. The molecule has 0 unspecified atom stereocenters. The Hall–Kier alpha value is -2.69. The van der Waals surface area contributed by atoms with Crippen molar-refractivity contribution in [1.82, 2.24) is 15.3 Å². The van der Waals surface area contributed by atoms with Crippen LogP contribution in [0.3, 0.4) is 0 Å². The van der Waals surface area contributed by atoms with Crippen LogP contribution in [0.5, 0.6) is 0 Å². The molecule has 0 spiro atoms. The highest BCUT2D eigenvalue weighted by molar-refractivity contribution is 5.76. The van der Waals surface area contributed by atoms with Gasteiger partial charge < -0.3 is 10.3 Å². The number of aromatic amines is 1. The van der Waals surface area contributed by atoms with E-state index in [4.69, 9.17) is 0 Å². The molecule has 1 heterocycles. The molecule has 0 radical (unpaired) electrons. The highest BCUT2D eigenvalue weighted by Gasteiger charge is 2.05. The number of nitrogens with one attached hydrogen (secondary N) is 2. The Bertz CT molecular complexity index is 813. The Morgan fingerprint density at radius 2 is 2.04 bits per heavy atom. The second-order valence-corrected chi connectivity index (χ2v) is 5.45. The lowest BCUT2D eigenvalue weighted by Gasteiger charge is -2.06. The molecule has 118 valence electrons. The van der Waals surface area contributed by atoms with Crippen LogP contribution in [0.2, 0.25) is 0 Å². The Kier molecular flexibility index (Phi) is 4.66. The van der Waals surface area contributed by atoms with Crippen LogP contribution < -0.4 is 5.32 Å². The molecule has 0 saturated heterocycles. The maximum absolute atomic E-state index is 13.5. The molecule has 3 aromatic rings. The van der Waals surface area contributed by atoms with Crippen LogP contribution in [0.1, 0.15) is 17.5 Å². The van der Waals surface area contributed by atoms with Gasteiger partial charge >= 0.3 is 0 Å². The number of hydrogen-bond acceptors (Lipinski definition) is 2. The van der Waals surface area contributed by atoms with Gasteiger partial charge in [-0.15, -0.1) is 0 Å². The second-order valence-electron chi connectivity index (χ2n) is 5.45. The van der Waals surface area contributed by atoms with E-state index in [0.717, 1.165) is 23.0 Å². The fourth-order valence-electron chi connectivity index (χ4n) is 2.52. The molecule has 0 aliphatic heterocycles. The molecule has 0 aliphatic carbocycles. The zero-order chi connectivity index (χ0) is 16.1. The van der Waals surface area contributed by atoms with Crippen LogP contribution in [0.25, 0.3) is 11.0 Å². The number of hydrogen-bond donors (Lipinski definition) is 2. The van der Waals surface area contributed by atoms with Gasteiger partial charge in [-0.05, 0) is 42.2 Å². The van der Waals surface area contributed by atoms with Crippen molar-refractivity contribution in [2.75, 3.05) is 6.54 Å². The van der Waals surface area contributed by atoms with E-state index in [9.17, 15) is 9.18 Å². The van der Waals surface area contributed by atoms with E-state index in [0.29, 0.717) is 24.9 Å². The van der Waals surface area contributed by atoms with E-state index >= 15 is 0 Å². The number of rotatable bonds is 6. The Morgan fingerprint density at radius 3 is 2.91 bits per heavy atom. The Labute approximate surface area is 133 Å². The summed E-state index contributed by atoms with van der Waals surface area (Å²) >= 11 is 0. The molecule has 0 bridgehead atoms. The standard InChI is InChI=1S/C18H18FN3O/c19-15-4-2-1-3-14(15)6-8-18(23)20-10-9-13-5-7-16-17(11-13)22-12-21-16/h1-5,7,11-12H,6,8-10H2,(H,20,23)(H,21,22). The zero-order valence-corrected chi connectivity index (χ0v) is 12.7. The molecular formula is C18H18FN3O. The molecular weight excluding hydrogens is 293 g/mol. The average Bonchev–Trinajstić information content (AvgIpc) is 3.02. The number of halogens is 1. The van der Waals surface area contributed by atoms with Gasteiger partial charge in [-0.3, -0.25) is 4.79 Å². The summed E-state index contributed by atoms with van der Waals surface area (Å²) in [5.74, 6) is -0.316. The molecule has 4 nitrogen and oxygen atoms in total. The first-order valence-corrected chi connectivity index (χ1v) is 7.64. The quantitative estimate of drug-likeness (QED) is 0.735. The van der Waals surface area contributed by atoms with Crippen LogP contribution in [0.4, 0.5) is 4.39 Å². The molecule has 23 heavy (non-hydrogen) atoms. The predicted octanol–water partition coefficient (Wildman–Crippen LogP) is 2.99. The molecule has 1 aromatic heterocycles. The molecule has 1 amide bonds. The van der Waals surface area contributed by atoms with Gasteiger partial charge in [0.05, 0.1) is 17.4 Å². The predicted molar refractivity (Wildman–Crippen MR) is 87.5 cm³/mol. The Morgan fingerprint density at radius 1 is 1.17 bits per heavy atom. The summed E-state index contributed by atoms with van der Waals surface area (Å²) in [6.07, 6.45) is 3.12. The maximum atomic E-state index is 13.5. The minimum absolute atomic E-state index is 0.0594. The summed E-state index contributed by atoms with van der Waals surface area (Å²) in [6, 6.07) is 12.6. The van der Waals surface area contributed by atoms with E-state index in [2.05, 4.69) is 15.3 Å². The van der Waals surface area contributed by atoms with Crippen molar-refractivity contribution in [2.24, 2.45) is 0 Å². The summed E-state index contributed by atoms with van der Waals surface area (Å²) in [4.78, 5) is 19.1. The number of carbonyl (C=O) groups excluding carboxylic acids is 1. The molecule has 0 atom stereocenters. The van der Waals surface area contributed by atoms with Gasteiger partial charge in [-0.25, -0.2) is 9.37 Å². The van der Waals surface area contributed by atoms with Crippen molar-refractivity contribution < 1.29 is 9.18 Å². The zero-order valence-electron chi connectivity index (χ0n) is 12.7. The van der Waals surface area contributed by atoms with Gasteiger partial charge in [-0.1, -0.05) is 24.3 Å². The van der Waals surface area contributed by atoms with Crippen LogP contribution in [-0.4, -0.2) is 22.4 Å². The fourth-order valence-corrected chi connectivity index (χ4v) is 2.52. The molecule has 0 saturated carbocycles. The van der Waals surface area contributed by atoms with E-state index in [1.165, 1.54) is 6.07 Å². The van der Waals surface area contributed by atoms with Crippen LogP contribution in [-0.2, 0) is 17.6 Å². The van der Waals surface area contributed by atoms with Gasteiger partial charge in [0.1, 0.15) is 5.82 Å². The van der Waals surface area contributed by atoms with E-state index < -0.39 is 0 Å². The number of carbonyl (C=O) groups is 1. The van der Waals surface area contributed by atoms with Crippen LogP contribution in [0, 0.1) is 5.82 Å². The first-order chi connectivity index (χ1) is 11.2. The normalized spacial score (nSPS) is 10.8. The lowest BCUT2D eigenvalue weighted by Crippen LogP contribution is -2.25. The number of nitrogens with zero attached hydrogens (tertiary/aromatic N) is 1. The van der Waals surface area contributed by atoms with Crippen molar-refractivity contribution in [1.29, 1.82) is 0 Å². The molecule has 2 N–H and O–H groups in total. The summed E-state index contributed by atoms with van der Waals surface area (Å²) in [7, 11) is 0. The van der Waals surface area contributed by atoms with Crippen LogP contribution >= 0.6 is 0 Å². The molecule has 3 rings (SSSR count). The van der Waals surface area contributed by atoms with Crippen LogP contribution in [0.15, 0.2) is 48.8 Å². The number of imidazole rings is 1. The molecule has 0 aliphatic rings. The topological polar surface area (TPSA) is 57.8 Å². The number of aryl methyl sites for hydroxylation is 1. The lowest BCUT2D eigenvalue weighted by molar-refractivity contribution is -0.121. The highest BCUT2D eigenvalue weighted by atomic mass is 19.1. The largest absolute Gasteiger partial charge is 0.356 e. The second kappa shape index (κ2) is 7.05. The van der Waals surface area contributed by atoms with Crippen molar-refractivity contribution >= 4 is 16.9 Å². The summed E-state index contributed by atoms with van der Waals surface area (Å²) in [6.45, 7) is 0.565. The van der Waals surface area contributed by atoms with E-state index in [1.807, 2.05) is 18.2 Å². The van der Waals surface area contributed by atoms with Crippen molar-refractivity contribution in [3.63, 3.8) is 0 Å². The molecule has 5 heteroatoms.